The molecule has 1 aromatic rings. The Hall–Kier alpha value is -1.55. The molecular weight excluding hydrogens is 120 g/mol. The molecule has 6 heteroatoms. The lowest BCUT2D eigenvalue weighted by atomic mass is 10.8. The van der Waals surface area contributed by atoms with Crippen LogP contribution in [0.4, 0.5) is 5.82 Å². The minimum Gasteiger partial charge on any atom is -0.255 e. The molecule has 1 aromatic heterocycles. The van der Waals surface area contributed by atoms with Gasteiger partial charge >= 0.3 is 0 Å². The number of nitrogens with zero attached hydrogens (tertiary/aromatic N) is 6. The largest absolute Gasteiger partial charge is 0.255 e. The van der Waals surface area contributed by atoms with Crippen molar-refractivity contribution in [1.82, 2.24) is 15.0 Å². The van der Waals surface area contributed by atoms with Crippen molar-refractivity contribution >= 4 is 5.82 Å². The third-order valence-corrected chi connectivity index (χ3v) is 0.738. The smallest absolute Gasteiger partial charge is 0.168 e. The number of hydrogen-bond acceptors (Lipinski definition) is 3. The van der Waals surface area contributed by atoms with Gasteiger partial charge in [0.2, 0.25) is 0 Å². The first-order valence-corrected chi connectivity index (χ1v) is 2.24. The van der Waals surface area contributed by atoms with Gasteiger partial charge in [-0.2, -0.15) is 0 Å². The van der Waals surface area contributed by atoms with E-state index in [2.05, 4.69) is 20.3 Å². The van der Waals surface area contributed by atoms with Crippen LogP contribution in [-0.2, 0) is 7.05 Å². The fourth-order valence-corrected chi connectivity index (χ4v) is 0.427. The van der Waals surface area contributed by atoms with Crippen molar-refractivity contribution in [2.75, 3.05) is 0 Å². The van der Waals surface area contributed by atoms with Crippen LogP contribution in [0.15, 0.2) is 11.3 Å². The van der Waals surface area contributed by atoms with Crippen molar-refractivity contribution in [2.24, 2.45) is 12.2 Å². The molecule has 9 heavy (non-hydrogen) atoms. The van der Waals surface area contributed by atoms with Gasteiger partial charge < -0.3 is 0 Å². The van der Waals surface area contributed by atoms with Crippen molar-refractivity contribution in [2.45, 2.75) is 0 Å². The quantitative estimate of drug-likeness (QED) is 0.314. The summed E-state index contributed by atoms with van der Waals surface area (Å²) in [7, 11) is 1.70. The summed E-state index contributed by atoms with van der Waals surface area (Å²) in [5, 5.41) is 10.2. The summed E-state index contributed by atoms with van der Waals surface area (Å²) in [5.74, 6) is 0.292. The van der Waals surface area contributed by atoms with E-state index in [1.807, 2.05) is 0 Å². The Bertz CT molecular complexity index is 243. The van der Waals surface area contributed by atoms with Crippen LogP contribution in [0.1, 0.15) is 0 Å². The number of rotatable bonds is 1. The Morgan fingerprint density at radius 1 is 1.89 bits per heavy atom. The van der Waals surface area contributed by atoms with E-state index in [0.717, 1.165) is 0 Å². The molecule has 0 atom stereocenters. The van der Waals surface area contributed by atoms with Gasteiger partial charge in [0.05, 0.1) is 6.20 Å². The van der Waals surface area contributed by atoms with Gasteiger partial charge in [-0.25, -0.2) is 0 Å². The Balaban J connectivity index is 2.97. The standard InChI is InChI=1S/C3H4N6/c1-9-2-3(5-7-4)6-8-9/h2H,1H3. The second kappa shape index (κ2) is 2.15. The van der Waals surface area contributed by atoms with E-state index < -0.39 is 0 Å². The first-order valence-electron chi connectivity index (χ1n) is 2.24. The Morgan fingerprint density at radius 3 is 3.11 bits per heavy atom. The van der Waals surface area contributed by atoms with Crippen LogP contribution in [0.5, 0.6) is 0 Å². The van der Waals surface area contributed by atoms with Gasteiger partial charge in [-0.3, -0.25) is 4.68 Å². The van der Waals surface area contributed by atoms with Crippen LogP contribution >= 0.6 is 0 Å². The average Bonchev–Trinajstić information content (AvgIpc) is 2.17. The molecule has 0 spiro atoms. The van der Waals surface area contributed by atoms with Gasteiger partial charge in [0.25, 0.3) is 0 Å². The molecule has 0 aliphatic rings. The van der Waals surface area contributed by atoms with Gasteiger partial charge in [0.15, 0.2) is 5.82 Å². The first kappa shape index (κ1) is 5.58. The highest BCUT2D eigenvalue weighted by atomic mass is 15.4. The van der Waals surface area contributed by atoms with Gasteiger partial charge in [-0.1, -0.05) is 5.21 Å². The Morgan fingerprint density at radius 2 is 2.67 bits per heavy atom. The van der Waals surface area contributed by atoms with Crippen molar-refractivity contribution < 1.29 is 0 Å². The maximum Gasteiger partial charge on any atom is 0.168 e. The summed E-state index contributed by atoms with van der Waals surface area (Å²) in [4.78, 5) is 2.53. The summed E-state index contributed by atoms with van der Waals surface area (Å²) in [6.07, 6.45) is 1.53. The van der Waals surface area contributed by atoms with Gasteiger partial charge in [0.1, 0.15) is 0 Å². The van der Waals surface area contributed by atoms with E-state index in [1.165, 1.54) is 10.9 Å². The fourth-order valence-electron chi connectivity index (χ4n) is 0.427. The molecule has 0 aliphatic carbocycles. The molecule has 0 bridgehead atoms. The minimum absolute atomic E-state index is 0.292. The van der Waals surface area contributed by atoms with Crippen LogP contribution in [0.25, 0.3) is 10.4 Å². The molecule has 0 unspecified atom stereocenters. The summed E-state index contributed by atoms with van der Waals surface area (Å²) < 4.78 is 1.46. The Kier molecular flexibility index (Phi) is 1.33. The average molecular weight is 124 g/mol. The lowest BCUT2D eigenvalue weighted by Gasteiger charge is -1.75. The lowest BCUT2D eigenvalue weighted by Crippen LogP contribution is -1.85. The molecule has 0 aromatic carbocycles. The van der Waals surface area contributed by atoms with Gasteiger partial charge in [0, 0.05) is 12.0 Å². The monoisotopic (exact) mass is 124 g/mol. The molecule has 0 amide bonds. The molecule has 1 rings (SSSR count). The predicted octanol–water partition coefficient (Wildman–Crippen LogP) is 0.757. The summed E-state index contributed by atoms with van der Waals surface area (Å²) in [6, 6.07) is 0. The first-order chi connectivity index (χ1) is 4.33. The summed E-state index contributed by atoms with van der Waals surface area (Å²) in [6.45, 7) is 0. The number of azide groups is 1. The molecule has 0 radical (unpaired) electrons. The maximum absolute atomic E-state index is 7.91. The normalized spacial score (nSPS) is 8.56. The summed E-state index contributed by atoms with van der Waals surface area (Å²) in [5.41, 5.74) is 7.91. The fraction of sp³-hybridized carbons (Fsp3) is 0.333. The van der Waals surface area contributed by atoms with E-state index in [-0.39, 0.29) is 0 Å². The van der Waals surface area contributed by atoms with E-state index in [0.29, 0.717) is 5.82 Å². The Labute approximate surface area is 50.7 Å². The molecular formula is C3H4N6. The maximum atomic E-state index is 7.91. The van der Waals surface area contributed by atoms with Crippen molar-refractivity contribution in [1.29, 1.82) is 0 Å². The van der Waals surface area contributed by atoms with Crippen molar-refractivity contribution in [3.8, 4) is 0 Å². The third-order valence-electron chi connectivity index (χ3n) is 0.738. The second-order valence-corrected chi connectivity index (χ2v) is 1.44. The molecule has 0 aliphatic heterocycles. The van der Waals surface area contributed by atoms with Crippen LogP contribution < -0.4 is 0 Å². The van der Waals surface area contributed by atoms with Crippen molar-refractivity contribution in [3.05, 3.63) is 16.6 Å². The molecule has 0 saturated carbocycles. The molecule has 46 valence electrons. The molecule has 0 saturated heterocycles. The van der Waals surface area contributed by atoms with Gasteiger partial charge in [-0.05, 0) is 10.6 Å². The van der Waals surface area contributed by atoms with Crippen molar-refractivity contribution in [3.63, 3.8) is 0 Å². The topological polar surface area (TPSA) is 79.5 Å². The molecule has 0 N–H and O–H groups in total. The lowest BCUT2D eigenvalue weighted by molar-refractivity contribution is 0.715. The van der Waals surface area contributed by atoms with E-state index in [4.69, 9.17) is 5.53 Å². The van der Waals surface area contributed by atoms with E-state index in [9.17, 15) is 0 Å². The molecule has 1 heterocycles. The van der Waals surface area contributed by atoms with Crippen LogP contribution in [0, 0.1) is 0 Å². The SMILES string of the molecule is Cn1cc(N=[N+]=[N-])nn1. The van der Waals surface area contributed by atoms with Crippen LogP contribution in [0.2, 0.25) is 0 Å². The number of aromatic nitrogens is 3. The zero-order chi connectivity index (χ0) is 6.69. The van der Waals surface area contributed by atoms with Gasteiger partial charge in [-0.15, -0.1) is 5.10 Å². The van der Waals surface area contributed by atoms with Crippen LogP contribution in [0.3, 0.4) is 0 Å². The second-order valence-electron chi connectivity index (χ2n) is 1.44. The highest BCUT2D eigenvalue weighted by Crippen LogP contribution is 2.02. The highest BCUT2D eigenvalue weighted by molar-refractivity contribution is 5.18. The zero-order valence-electron chi connectivity index (χ0n) is 4.76. The number of hydrogen-bond donors (Lipinski definition) is 0. The van der Waals surface area contributed by atoms with E-state index >= 15 is 0 Å². The minimum atomic E-state index is 0.292. The zero-order valence-corrected chi connectivity index (χ0v) is 4.76. The summed E-state index contributed by atoms with van der Waals surface area (Å²) >= 11 is 0. The van der Waals surface area contributed by atoms with Crippen LogP contribution in [-0.4, -0.2) is 15.0 Å². The molecule has 6 nitrogen and oxygen atoms in total. The molecule has 0 fully saturated rings. The predicted molar refractivity (Wildman–Crippen MR) is 29.8 cm³/mol. The number of aryl methyl sites for hydroxylation is 1. The third kappa shape index (κ3) is 1.17. The van der Waals surface area contributed by atoms with E-state index in [1.54, 1.807) is 7.05 Å². The highest BCUT2D eigenvalue weighted by Gasteiger charge is 1.89.